The lowest BCUT2D eigenvalue weighted by molar-refractivity contribution is -0.384. The number of nitro groups is 1. The number of pyridine rings is 1. The molecule has 0 aliphatic rings. The van der Waals surface area contributed by atoms with Gasteiger partial charge in [-0.05, 0) is 62.1 Å². The van der Waals surface area contributed by atoms with E-state index in [-0.39, 0.29) is 28.7 Å². The summed E-state index contributed by atoms with van der Waals surface area (Å²) < 4.78 is 36.7. The van der Waals surface area contributed by atoms with Crippen LogP contribution in [0, 0.1) is 23.0 Å². The van der Waals surface area contributed by atoms with E-state index in [1.54, 1.807) is 31.5 Å². The first-order valence-corrected chi connectivity index (χ1v) is 14.7. The molecule has 12 heteroatoms. The Balaban J connectivity index is 1.70. The van der Waals surface area contributed by atoms with Crippen molar-refractivity contribution < 1.29 is 22.9 Å². The zero-order chi connectivity index (χ0) is 29.7. The Morgan fingerprint density at radius 1 is 1.10 bits per heavy atom. The number of hydrogen-bond acceptors (Lipinski definition) is 8. The number of non-ortho nitro benzene ring substituents is 1. The minimum Gasteiger partial charge on any atom is -0.380 e. The van der Waals surface area contributed by atoms with Crippen molar-refractivity contribution >= 4 is 32.7 Å². The van der Waals surface area contributed by atoms with E-state index in [0.29, 0.717) is 19.6 Å². The second-order valence-electron chi connectivity index (χ2n) is 10.1. The number of benzene rings is 2. The molecule has 2 aromatic heterocycles. The summed E-state index contributed by atoms with van der Waals surface area (Å²) in [5, 5.41) is 11.1. The summed E-state index contributed by atoms with van der Waals surface area (Å²) in [6.07, 6.45) is 3.76. The third-order valence-corrected chi connectivity index (χ3v) is 8.53. The average molecular weight is 580 g/mol. The number of nitrogens with zero attached hydrogens (tertiary/aromatic N) is 5. The van der Waals surface area contributed by atoms with E-state index >= 15 is 0 Å². The predicted octanol–water partition coefficient (Wildman–Crippen LogP) is 4.98. The molecule has 0 fully saturated rings. The first kappa shape index (κ1) is 29.8. The maximum atomic E-state index is 14.1. The maximum absolute atomic E-state index is 14.1. The van der Waals surface area contributed by atoms with Crippen molar-refractivity contribution in [3.05, 3.63) is 94.1 Å². The molecule has 0 aliphatic carbocycles. The first-order chi connectivity index (χ1) is 19.5. The number of carbonyl (C=O) groups is 1. The molecule has 1 amide bonds. The molecule has 1 atom stereocenters. The van der Waals surface area contributed by atoms with Gasteiger partial charge in [0.25, 0.3) is 21.6 Å². The molecule has 2 aromatic carbocycles. The molecule has 4 rings (SSSR count). The Labute approximate surface area is 239 Å². The van der Waals surface area contributed by atoms with Gasteiger partial charge in [-0.25, -0.2) is 17.7 Å². The highest BCUT2D eigenvalue weighted by Gasteiger charge is 2.37. The lowest BCUT2D eigenvalue weighted by Crippen LogP contribution is -2.47. The highest BCUT2D eigenvalue weighted by Crippen LogP contribution is 2.27. The molecule has 0 N–H and O–H groups in total. The van der Waals surface area contributed by atoms with E-state index in [2.05, 4.69) is 9.97 Å². The second kappa shape index (κ2) is 12.6. The van der Waals surface area contributed by atoms with Gasteiger partial charge in [-0.3, -0.25) is 19.9 Å². The molecule has 41 heavy (non-hydrogen) atoms. The van der Waals surface area contributed by atoms with Gasteiger partial charge in [0.05, 0.1) is 34.2 Å². The van der Waals surface area contributed by atoms with Gasteiger partial charge in [0, 0.05) is 37.0 Å². The number of aryl methyl sites for hydroxylation is 1. The lowest BCUT2D eigenvalue weighted by Gasteiger charge is -2.32. The van der Waals surface area contributed by atoms with Gasteiger partial charge in [0.15, 0.2) is 0 Å². The van der Waals surface area contributed by atoms with Crippen LogP contribution in [0.15, 0.2) is 71.9 Å². The molecule has 0 saturated heterocycles. The van der Waals surface area contributed by atoms with Gasteiger partial charge in [-0.1, -0.05) is 26.0 Å². The van der Waals surface area contributed by atoms with Gasteiger partial charge < -0.3 is 9.30 Å². The van der Waals surface area contributed by atoms with Crippen molar-refractivity contribution in [2.45, 2.75) is 51.6 Å². The number of hydrogen-bond donors (Lipinski definition) is 0. The first-order valence-electron chi connectivity index (χ1n) is 13.3. The summed E-state index contributed by atoms with van der Waals surface area (Å²) >= 11 is 0. The molecular formula is C29H33N5O6S. The minimum atomic E-state index is -4.33. The summed E-state index contributed by atoms with van der Waals surface area (Å²) in [5.74, 6) is 0.0918. The fraction of sp³-hybridized carbons (Fsp3) is 0.345. The van der Waals surface area contributed by atoms with Crippen LogP contribution >= 0.6 is 0 Å². The third kappa shape index (κ3) is 6.60. The van der Waals surface area contributed by atoms with Gasteiger partial charge in [-0.15, -0.1) is 0 Å². The number of aromatic nitrogens is 3. The van der Waals surface area contributed by atoms with Crippen LogP contribution < -0.4 is 0 Å². The number of nitro benzene ring substituents is 1. The third-order valence-electron chi connectivity index (χ3n) is 6.68. The van der Waals surface area contributed by atoms with Gasteiger partial charge >= 0.3 is 0 Å². The Bertz CT molecular complexity index is 1630. The molecule has 0 radical (unpaired) electrons. The molecule has 2 heterocycles. The Morgan fingerprint density at radius 2 is 1.78 bits per heavy atom. The van der Waals surface area contributed by atoms with Crippen LogP contribution in [0.5, 0.6) is 0 Å². The van der Waals surface area contributed by atoms with Crippen LogP contribution in [0.3, 0.4) is 0 Å². The number of sulfonamides is 1. The van der Waals surface area contributed by atoms with Crippen molar-refractivity contribution in [1.29, 1.82) is 0 Å². The minimum absolute atomic E-state index is 0.0204. The normalized spacial score (nSPS) is 12.5. The van der Waals surface area contributed by atoms with Crippen molar-refractivity contribution in [3.8, 4) is 0 Å². The van der Waals surface area contributed by atoms with Crippen molar-refractivity contribution in [1.82, 2.24) is 18.8 Å². The zero-order valence-corrected chi connectivity index (χ0v) is 24.2. The fourth-order valence-corrected chi connectivity index (χ4v) is 6.29. The quantitative estimate of drug-likeness (QED) is 0.169. The molecule has 11 nitrogen and oxygen atoms in total. The molecular weight excluding hydrogens is 546 g/mol. The summed E-state index contributed by atoms with van der Waals surface area (Å²) in [7, 11) is -4.33. The maximum Gasteiger partial charge on any atom is 0.269 e. The van der Waals surface area contributed by atoms with Crippen LogP contribution in [0.2, 0.25) is 0 Å². The number of fused-ring (bicyclic) bond motifs is 1. The van der Waals surface area contributed by atoms with E-state index in [9.17, 15) is 23.3 Å². The van der Waals surface area contributed by atoms with Crippen molar-refractivity contribution in [3.63, 3.8) is 0 Å². The van der Waals surface area contributed by atoms with Crippen LogP contribution in [0.25, 0.3) is 11.0 Å². The predicted molar refractivity (Wildman–Crippen MR) is 154 cm³/mol. The molecule has 0 bridgehead atoms. The van der Waals surface area contributed by atoms with Crippen molar-refractivity contribution in [2.24, 2.45) is 5.92 Å². The molecule has 0 spiro atoms. The largest absolute Gasteiger partial charge is 0.380 e. The average Bonchev–Trinajstić information content (AvgIpc) is 3.26. The Hall–Kier alpha value is -4.16. The summed E-state index contributed by atoms with van der Waals surface area (Å²) in [6.45, 7) is 8.41. The van der Waals surface area contributed by atoms with Gasteiger partial charge in [-0.2, -0.15) is 0 Å². The summed E-state index contributed by atoms with van der Waals surface area (Å²) in [5.41, 5.74) is 2.37. The van der Waals surface area contributed by atoms with Crippen LogP contribution in [0.1, 0.15) is 48.9 Å². The topological polar surface area (TPSA) is 138 Å². The highest BCUT2D eigenvalue weighted by atomic mass is 32.2. The molecule has 0 aliphatic heterocycles. The standard InChI is InChI=1S/C29H33N5O6S/c1-5-40-19-25(16-20(2)3)33(29(35)23-8-10-24(11-9-23)34(36)37)41(38,39)26-12-6-22(7-13-26)18-32-21(4)31-27-17-30-15-14-28(27)32/h6-15,17,20,25H,5,16,18-19H2,1-4H3/t25-/m0/s1. The Morgan fingerprint density at radius 3 is 2.39 bits per heavy atom. The van der Waals surface area contributed by atoms with E-state index in [4.69, 9.17) is 4.74 Å². The van der Waals surface area contributed by atoms with Gasteiger partial charge in [0.1, 0.15) is 11.3 Å². The highest BCUT2D eigenvalue weighted by molar-refractivity contribution is 7.89. The molecule has 0 saturated carbocycles. The van der Waals surface area contributed by atoms with Gasteiger partial charge in [0.2, 0.25) is 0 Å². The van der Waals surface area contributed by atoms with E-state index < -0.39 is 26.9 Å². The van der Waals surface area contributed by atoms with E-state index in [1.165, 1.54) is 36.4 Å². The smallest absolute Gasteiger partial charge is 0.269 e. The summed E-state index contributed by atoms with van der Waals surface area (Å²) in [4.78, 5) is 32.9. The van der Waals surface area contributed by atoms with E-state index in [1.807, 2.05) is 31.4 Å². The number of ether oxygens (including phenoxy) is 1. The number of rotatable bonds is 12. The van der Waals surface area contributed by atoms with E-state index in [0.717, 1.165) is 26.7 Å². The van der Waals surface area contributed by atoms with Crippen LogP contribution in [-0.4, -0.2) is 57.3 Å². The number of imidazole rings is 1. The summed E-state index contributed by atoms with van der Waals surface area (Å²) in [6, 6.07) is 12.4. The monoisotopic (exact) mass is 579 g/mol. The Kier molecular flexibility index (Phi) is 9.14. The SMILES string of the molecule is CCOC[C@H](CC(C)C)N(C(=O)c1ccc([N+](=O)[O-])cc1)S(=O)(=O)c1ccc(Cn2c(C)nc3cnccc32)cc1. The van der Waals surface area contributed by atoms with Crippen molar-refractivity contribution in [2.75, 3.05) is 13.2 Å². The molecule has 0 unspecified atom stereocenters. The number of carbonyl (C=O) groups excluding carboxylic acids is 1. The van der Waals surface area contributed by atoms with Crippen LogP contribution in [-0.2, 0) is 21.3 Å². The molecule has 216 valence electrons. The number of amides is 1. The van der Waals surface area contributed by atoms with Crippen LogP contribution in [0.4, 0.5) is 5.69 Å². The second-order valence-corrected chi connectivity index (χ2v) is 11.9. The zero-order valence-electron chi connectivity index (χ0n) is 23.4. The molecule has 4 aromatic rings. The fourth-order valence-electron chi connectivity index (χ4n) is 4.72. The lowest BCUT2D eigenvalue weighted by atomic mass is 10.0.